The molecule has 2 heterocycles. The highest BCUT2D eigenvalue weighted by atomic mass is 32.2. The molecule has 6 aromatic carbocycles. The van der Waals surface area contributed by atoms with E-state index in [0.29, 0.717) is 26.4 Å². The summed E-state index contributed by atoms with van der Waals surface area (Å²) in [6, 6.07) is 60.7. The smallest absolute Gasteiger partial charge is 0.308 e. The van der Waals surface area contributed by atoms with Crippen LogP contribution in [0, 0.1) is 11.8 Å². The molecular formula is C56H62O9S2. The van der Waals surface area contributed by atoms with Gasteiger partial charge < -0.3 is 38.3 Å². The zero-order chi connectivity index (χ0) is 46.6. The van der Waals surface area contributed by atoms with Gasteiger partial charge in [-0.15, -0.1) is 0 Å². The lowest BCUT2D eigenvalue weighted by Gasteiger charge is -2.45. The number of rotatable bonds is 19. The molecule has 9 nitrogen and oxygen atoms in total. The Labute approximate surface area is 404 Å². The van der Waals surface area contributed by atoms with Gasteiger partial charge in [0.1, 0.15) is 23.1 Å². The largest absolute Gasteiger partial charge is 0.469 e. The number of esters is 1. The van der Waals surface area contributed by atoms with E-state index >= 15 is 0 Å². The SMILES string of the molecule is COC(=O)CC1O[C@@H](Sc2ccccc2)C(OCc2ccccc2)[C@H](OCc2ccccc2)[C@@H]1C.C[C@@H]1C(CO)O[C@@H](Sc2ccccc2)C(OCc2ccccc2)[C@@H]1OCc1ccccc1. The third-order valence-electron chi connectivity index (χ3n) is 11.9. The Balaban J connectivity index is 0.000000200. The first-order valence-electron chi connectivity index (χ1n) is 22.9. The minimum absolute atomic E-state index is 0.0166. The van der Waals surface area contributed by atoms with E-state index in [1.165, 1.54) is 7.11 Å². The van der Waals surface area contributed by atoms with Gasteiger partial charge in [-0.3, -0.25) is 4.79 Å². The van der Waals surface area contributed by atoms with Crippen LogP contribution in [0.2, 0.25) is 0 Å². The van der Waals surface area contributed by atoms with Crippen LogP contribution >= 0.6 is 23.5 Å². The Hall–Kier alpha value is -4.79. The second-order valence-electron chi connectivity index (χ2n) is 16.7. The lowest BCUT2D eigenvalue weighted by Crippen LogP contribution is -2.55. The van der Waals surface area contributed by atoms with Gasteiger partial charge in [0, 0.05) is 21.6 Å². The normalized spacial score (nSPS) is 24.8. The summed E-state index contributed by atoms with van der Waals surface area (Å²) >= 11 is 3.21. The first kappa shape index (κ1) is 50.1. The van der Waals surface area contributed by atoms with Crippen LogP contribution in [0.3, 0.4) is 0 Å². The summed E-state index contributed by atoms with van der Waals surface area (Å²) in [5.41, 5.74) is 3.74. The number of thioether (sulfide) groups is 2. The molecule has 10 atom stereocenters. The van der Waals surface area contributed by atoms with Crippen molar-refractivity contribution in [2.24, 2.45) is 11.8 Å². The van der Waals surface area contributed by atoms with Gasteiger partial charge in [-0.2, -0.15) is 0 Å². The van der Waals surface area contributed by atoms with Gasteiger partial charge in [-0.05, 0) is 46.5 Å². The maximum Gasteiger partial charge on any atom is 0.308 e. The molecule has 6 aromatic rings. The van der Waals surface area contributed by atoms with Gasteiger partial charge in [0.25, 0.3) is 0 Å². The number of aliphatic hydroxyl groups is 1. The van der Waals surface area contributed by atoms with E-state index in [2.05, 4.69) is 62.4 Å². The molecule has 2 aliphatic rings. The first-order valence-corrected chi connectivity index (χ1v) is 24.7. The number of hydrogen-bond acceptors (Lipinski definition) is 11. The second kappa shape index (κ2) is 26.7. The highest BCUT2D eigenvalue weighted by molar-refractivity contribution is 8.00. The summed E-state index contributed by atoms with van der Waals surface area (Å²) in [7, 11) is 1.40. The minimum atomic E-state index is -0.354. The lowest BCUT2D eigenvalue weighted by atomic mass is 9.89. The van der Waals surface area contributed by atoms with Gasteiger partial charge in [0.15, 0.2) is 0 Å². The van der Waals surface area contributed by atoms with E-state index in [0.717, 1.165) is 32.0 Å². The zero-order valence-electron chi connectivity index (χ0n) is 38.4. The summed E-state index contributed by atoms with van der Waals surface area (Å²) in [6.07, 6.45) is -1.61. The molecule has 352 valence electrons. The van der Waals surface area contributed by atoms with Crippen molar-refractivity contribution < 1.29 is 43.1 Å². The second-order valence-corrected chi connectivity index (χ2v) is 19.0. The van der Waals surface area contributed by atoms with Gasteiger partial charge in [0.2, 0.25) is 0 Å². The summed E-state index contributed by atoms with van der Waals surface area (Å²) in [5.74, 6) is -0.390. The molecule has 8 rings (SSSR count). The van der Waals surface area contributed by atoms with E-state index in [1.54, 1.807) is 23.5 Å². The van der Waals surface area contributed by atoms with Gasteiger partial charge in [-0.25, -0.2) is 0 Å². The fraction of sp³-hybridized carbons (Fsp3) is 0.339. The fourth-order valence-electron chi connectivity index (χ4n) is 8.13. The van der Waals surface area contributed by atoms with E-state index < -0.39 is 0 Å². The standard InChI is InChI=1S/C29H32O5S.C27H30O4S/c1-21-25(18-26(30)31-2)34-29(35-24-16-10-5-11-17-24)28(33-20-23-14-8-4-9-15-23)27(21)32-19-22-12-6-3-7-13-22;1-20-24(17-28)31-27(32-23-15-9-4-10-16-23)26(30-19-22-13-7-3-8-14-22)25(20)29-18-21-11-5-2-6-12-21/h3-17,21,25,27-29H,18-20H2,1-2H3;2-16,20,24-28H,17-19H2,1H3/t21-,25?,27-,28?,29+;20-,24?,25-,26?,27+/m11/s1. The van der Waals surface area contributed by atoms with Crippen LogP contribution in [0.15, 0.2) is 192 Å². The molecule has 67 heavy (non-hydrogen) atoms. The molecule has 2 aliphatic heterocycles. The predicted octanol–water partition coefficient (Wildman–Crippen LogP) is 11.2. The van der Waals surface area contributed by atoms with Crippen LogP contribution in [-0.4, -0.2) is 72.3 Å². The van der Waals surface area contributed by atoms with Crippen molar-refractivity contribution in [3.05, 3.63) is 204 Å². The maximum absolute atomic E-state index is 12.2. The fourth-order valence-corrected chi connectivity index (χ4v) is 10.4. The highest BCUT2D eigenvalue weighted by Gasteiger charge is 2.47. The Morgan fingerprint density at radius 1 is 0.463 bits per heavy atom. The third-order valence-corrected chi connectivity index (χ3v) is 14.2. The molecule has 0 spiro atoms. The first-order chi connectivity index (χ1) is 32.9. The van der Waals surface area contributed by atoms with Crippen LogP contribution < -0.4 is 0 Å². The van der Waals surface area contributed by atoms with E-state index in [1.807, 2.05) is 133 Å². The number of aliphatic hydroxyl groups excluding tert-OH is 1. The van der Waals surface area contributed by atoms with Crippen molar-refractivity contribution in [1.29, 1.82) is 0 Å². The highest BCUT2D eigenvalue weighted by Crippen LogP contribution is 2.41. The van der Waals surface area contributed by atoms with Crippen molar-refractivity contribution in [2.75, 3.05) is 13.7 Å². The monoisotopic (exact) mass is 942 g/mol. The average molecular weight is 943 g/mol. The molecule has 11 heteroatoms. The summed E-state index contributed by atoms with van der Waals surface area (Å²) in [6.45, 7) is 5.94. The molecule has 0 aromatic heterocycles. The Bertz CT molecular complexity index is 2280. The third kappa shape index (κ3) is 15.1. The van der Waals surface area contributed by atoms with Crippen LogP contribution in [-0.2, 0) is 64.4 Å². The number of carbonyl (C=O) groups is 1. The topological polar surface area (TPSA) is 102 Å². The van der Waals surface area contributed by atoms with Crippen molar-refractivity contribution in [2.45, 2.75) is 104 Å². The molecule has 0 saturated carbocycles. The average Bonchev–Trinajstić information content (AvgIpc) is 3.38. The van der Waals surface area contributed by atoms with Crippen molar-refractivity contribution >= 4 is 29.5 Å². The number of carbonyl (C=O) groups excluding carboxylic acids is 1. The lowest BCUT2D eigenvalue weighted by molar-refractivity contribution is -0.214. The number of ether oxygens (including phenoxy) is 7. The summed E-state index contributed by atoms with van der Waals surface area (Å²) in [5, 5.41) is 10.0. The van der Waals surface area contributed by atoms with Crippen LogP contribution in [0.25, 0.3) is 0 Å². The molecule has 4 unspecified atom stereocenters. The molecule has 0 amide bonds. The quantitative estimate of drug-likeness (QED) is 0.0786. The summed E-state index contributed by atoms with van der Waals surface area (Å²) in [4.78, 5) is 14.4. The molecule has 0 bridgehead atoms. The van der Waals surface area contributed by atoms with Crippen LogP contribution in [0.5, 0.6) is 0 Å². The van der Waals surface area contributed by atoms with Gasteiger partial charge >= 0.3 is 5.97 Å². The van der Waals surface area contributed by atoms with Crippen LogP contribution in [0.4, 0.5) is 0 Å². The molecule has 2 saturated heterocycles. The van der Waals surface area contributed by atoms with Gasteiger partial charge in [-0.1, -0.05) is 195 Å². The van der Waals surface area contributed by atoms with Crippen molar-refractivity contribution in [3.8, 4) is 0 Å². The zero-order valence-corrected chi connectivity index (χ0v) is 40.0. The van der Waals surface area contributed by atoms with Crippen LogP contribution in [0.1, 0.15) is 42.5 Å². The number of benzene rings is 6. The van der Waals surface area contributed by atoms with E-state index in [9.17, 15) is 9.90 Å². The molecule has 0 aliphatic carbocycles. The Morgan fingerprint density at radius 2 is 0.761 bits per heavy atom. The molecule has 0 radical (unpaired) electrons. The molecule has 1 N–H and O–H groups in total. The Morgan fingerprint density at radius 3 is 1.09 bits per heavy atom. The summed E-state index contributed by atoms with van der Waals surface area (Å²) < 4.78 is 43.8. The Kier molecular flexibility index (Phi) is 19.9. The molecular weight excluding hydrogens is 881 g/mol. The minimum Gasteiger partial charge on any atom is -0.469 e. The number of methoxy groups -OCH3 is 1. The van der Waals surface area contributed by atoms with E-state index in [-0.39, 0.29) is 78.3 Å². The predicted molar refractivity (Wildman–Crippen MR) is 264 cm³/mol. The van der Waals surface area contributed by atoms with Crippen molar-refractivity contribution in [3.63, 3.8) is 0 Å². The number of hydrogen-bond donors (Lipinski definition) is 1. The van der Waals surface area contributed by atoms with Gasteiger partial charge in [0.05, 0.1) is 71.0 Å². The van der Waals surface area contributed by atoms with Crippen molar-refractivity contribution in [1.82, 2.24) is 0 Å². The maximum atomic E-state index is 12.2. The molecule has 2 fully saturated rings. The van der Waals surface area contributed by atoms with E-state index in [4.69, 9.17) is 33.2 Å².